The highest BCUT2D eigenvalue weighted by molar-refractivity contribution is 6.27. The summed E-state index contributed by atoms with van der Waals surface area (Å²) in [5, 5.41) is 29.8. The molecule has 26 heavy (non-hydrogen) atoms. The maximum absolute atomic E-state index is 12.6. The molecule has 1 fully saturated rings. The van der Waals surface area contributed by atoms with Crippen molar-refractivity contribution in [3.8, 4) is 0 Å². The number of carbonyl (C=O) groups excluding carboxylic acids is 2. The van der Waals surface area contributed by atoms with E-state index in [9.17, 15) is 29.7 Å². The SMILES string of the molecule is CCCC=CC=CC(O)=C1C(=O)C(CC(O)(C(=O)O)C(C)C)N(C)C1=O. The Morgan fingerprint density at radius 2 is 1.88 bits per heavy atom. The number of hydrogen-bond donors (Lipinski definition) is 3. The number of likely N-dealkylation sites (tertiary alicyclic amines) is 1. The van der Waals surface area contributed by atoms with Gasteiger partial charge in [-0.25, -0.2) is 4.79 Å². The third-order valence-corrected chi connectivity index (χ3v) is 4.59. The second-order valence-corrected chi connectivity index (χ2v) is 6.72. The largest absolute Gasteiger partial charge is 0.507 e. The Bertz CT molecular complexity index is 661. The Morgan fingerprint density at radius 1 is 1.27 bits per heavy atom. The van der Waals surface area contributed by atoms with Gasteiger partial charge in [0, 0.05) is 13.5 Å². The van der Waals surface area contributed by atoms with Crippen LogP contribution in [0.5, 0.6) is 0 Å². The highest BCUT2D eigenvalue weighted by atomic mass is 16.4. The number of amides is 1. The van der Waals surface area contributed by atoms with Gasteiger partial charge in [0.05, 0.1) is 6.04 Å². The van der Waals surface area contributed by atoms with Crippen molar-refractivity contribution in [3.63, 3.8) is 0 Å². The molecule has 1 rings (SSSR count). The molecule has 0 saturated carbocycles. The number of ketones is 1. The van der Waals surface area contributed by atoms with Crippen LogP contribution in [-0.2, 0) is 14.4 Å². The van der Waals surface area contributed by atoms with Crippen LogP contribution in [0, 0.1) is 5.92 Å². The normalized spacial score (nSPS) is 22.7. The molecule has 0 aromatic carbocycles. The lowest BCUT2D eigenvalue weighted by Crippen LogP contribution is -2.49. The van der Waals surface area contributed by atoms with E-state index in [0.717, 1.165) is 17.7 Å². The number of aliphatic hydroxyl groups is 2. The Balaban J connectivity index is 3.12. The van der Waals surface area contributed by atoms with Crippen LogP contribution in [0.2, 0.25) is 0 Å². The lowest BCUT2D eigenvalue weighted by molar-refractivity contribution is -0.166. The van der Waals surface area contributed by atoms with Crippen LogP contribution in [0.4, 0.5) is 0 Å². The van der Waals surface area contributed by atoms with Gasteiger partial charge in [-0.2, -0.15) is 0 Å². The van der Waals surface area contributed by atoms with Crippen molar-refractivity contribution >= 4 is 17.7 Å². The molecule has 0 spiro atoms. The highest BCUT2D eigenvalue weighted by Gasteiger charge is 2.50. The summed E-state index contributed by atoms with van der Waals surface area (Å²) in [6.07, 6.45) is 7.76. The van der Waals surface area contributed by atoms with Crippen molar-refractivity contribution in [3.05, 3.63) is 35.6 Å². The molecule has 0 aromatic heterocycles. The van der Waals surface area contributed by atoms with Crippen molar-refractivity contribution < 1.29 is 29.7 Å². The molecule has 7 heteroatoms. The first-order valence-corrected chi connectivity index (χ1v) is 8.61. The predicted molar refractivity (Wildman–Crippen MR) is 96.4 cm³/mol. The molecule has 1 amide bonds. The third kappa shape index (κ3) is 4.40. The van der Waals surface area contributed by atoms with Crippen molar-refractivity contribution in [2.75, 3.05) is 7.05 Å². The summed E-state index contributed by atoms with van der Waals surface area (Å²) >= 11 is 0. The maximum atomic E-state index is 12.6. The minimum Gasteiger partial charge on any atom is -0.507 e. The van der Waals surface area contributed by atoms with E-state index in [1.165, 1.54) is 33.0 Å². The second kappa shape index (κ2) is 8.80. The van der Waals surface area contributed by atoms with E-state index in [0.29, 0.717) is 0 Å². The van der Waals surface area contributed by atoms with Gasteiger partial charge in [-0.05, 0) is 18.4 Å². The minimum atomic E-state index is -2.15. The van der Waals surface area contributed by atoms with E-state index < -0.39 is 53.0 Å². The number of likely N-dealkylation sites (N-methyl/N-ethyl adjacent to an activating group) is 1. The Hall–Kier alpha value is -2.41. The van der Waals surface area contributed by atoms with Crippen LogP contribution in [0.15, 0.2) is 35.6 Å². The number of carboxylic acid groups (broad SMARTS) is 1. The third-order valence-electron chi connectivity index (χ3n) is 4.59. The number of carboxylic acids is 1. The fraction of sp³-hybridized carbons (Fsp3) is 0.526. The first kappa shape index (κ1) is 21.6. The summed E-state index contributed by atoms with van der Waals surface area (Å²) in [6, 6.07) is -1.15. The molecule has 3 N–H and O–H groups in total. The summed E-state index contributed by atoms with van der Waals surface area (Å²) in [7, 11) is 1.35. The van der Waals surface area contributed by atoms with E-state index >= 15 is 0 Å². The van der Waals surface area contributed by atoms with Crippen molar-refractivity contribution in [1.82, 2.24) is 4.90 Å². The number of nitrogens with zero attached hydrogens (tertiary/aromatic N) is 1. The molecule has 1 saturated heterocycles. The highest BCUT2D eigenvalue weighted by Crippen LogP contribution is 2.31. The van der Waals surface area contributed by atoms with Gasteiger partial charge in [-0.15, -0.1) is 0 Å². The van der Waals surface area contributed by atoms with Crippen LogP contribution < -0.4 is 0 Å². The molecule has 2 atom stereocenters. The zero-order valence-electron chi connectivity index (χ0n) is 15.6. The van der Waals surface area contributed by atoms with E-state index in [1.54, 1.807) is 6.08 Å². The summed E-state index contributed by atoms with van der Waals surface area (Å²) < 4.78 is 0. The Morgan fingerprint density at radius 3 is 2.38 bits per heavy atom. The smallest absolute Gasteiger partial charge is 0.336 e. The number of aliphatic hydroxyl groups excluding tert-OH is 1. The second-order valence-electron chi connectivity index (χ2n) is 6.72. The molecule has 7 nitrogen and oxygen atoms in total. The van der Waals surface area contributed by atoms with Crippen LogP contribution in [-0.4, -0.2) is 56.6 Å². The average molecular weight is 365 g/mol. The standard InChI is InChI=1S/C19H27NO6/c1-5-6-7-8-9-10-14(21)15-16(22)13(20(4)17(15)23)11-19(26,12(2)3)18(24)25/h7-10,12-13,21,26H,5-6,11H2,1-4H3,(H,24,25). The Labute approximate surface area is 153 Å². The van der Waals surface area contributed by atoms with E-state index in [2.05, 4.69) is 0 Å². The lowest BCUT2D eigenvalue weighted by atomic mass is 9.83. The van der Waals surface area contributed by atoms with E-state index in [4.69, 9.17) is 0 Å². The number of hydrogen-bond acceptors (Lipinski definition) is 5. The first-order valence-electron chi connectivity index (χ1n) is 8.61. The number of rotatable bonds is 8. The molecule has 0 radical (unpaired) electrons. The zero-order valence-corrected chi connectivity index (χ0v) is 15.6. The first-order chi connectivity index (χ1) is 12.1. The van der Waals surface area contributed by atoms with Gasteiger partial charge >= 0.3 is 5.97 Å². The average Bonchev–Trinajstić information content (AvgIpc) is 2.77. The number of carbonyl (C=O) groups is 3. The van der Waals surface area contributed by atoms with Gasteiger partial charge in [-0.3, -0.25) is 9.59 Å². The number of unbranched alkanes of at least 4 members (excludes halogenated alkanes) is 1. The molecule has 1 aliphatic heterocycles. The fourth-order valence-corrected chi connectivity index (χ4v) is 2.67. The quantitative estimate of drug-likeness (QED) is 0.262. The van der Waals surface area contributed by atoms with Crippen LogP contribution >= 0.6 is 0 Å². The van der Waals surface area contributed by atoms with Crippen LogP contribution in [0.1, 0.15) is 40.0 Å². The molecule has 0 bridgehead atoms. The molecule has 144 valence electrons. The van der Waals surface area contributed by atoms with Gasteiger partial charge in [0.25, 0.3) is 5.91 Å². The molecular formula is C19H27NO6. The van der Waals surface area contributed by atoms with Gasteiger partial charge in [-0.1, -0.05) is 45.4 Å². The summed E-state index contributed by atoms with van der Waals surface area (Å²) in [6.45, 7) is 5.07. The Kier molecular flexibility index (Phi) is 7.32. The van der Waals surface area contributed by atoms with Gasteiger partial charge in [0.1, 0.15) is 11.3 Å². The van der Waals surface area contributed by atoms with Crippen molar-refractivity contribution in [2.45, 2.75) is 51.7 Å². The van der Waals surface area contributed by atoms with E-state index in [1.807, 2.05) is 13.0 Å². The monoisotopic (exact) mass is 365 g/mol. The molecule has 1 aliphatic rings. The van der Waals surface area contributed by atoms with Gasteiger partial charge in [0.15, 0.2) is 11.4 Å². The molecule has 0 aliphatic carbocycles. The number of aliphatic carboxylic acids is 1. The van der Waals surface area contributed by atoms with E-state index in [-0.39, 0.29) is 0 Å². The van der Waals surface area contributed by atoms with Crippen LogP contribution in [0.25, 0.3) is 0 Å². The molecular weight excluding hydrogens is 338 g/mol. The zero-order chi connectivity index (χ0) is 20.1. The topological polar surface area (TPSA) is 115 Å². The number of allylic oxidation sites excluding steroid dienone is 4. The summed E-state index contributed by atoms with van der Waals surface area (Å²) in [5.41, 5.74) is -2.55. The molecule has 0 aromatic rings. The predicted octanol–water partition coefficient (Wildman–Crippen LogP) is 1.98. The van der Waals surface area contributed by atoms with Crippen molar-refractivity contribution in [1.29, 1.82) is 0 Å². The maximum Gasteiger partial charge on any atom is 0.336 e. The molecule has 1 heterocycles. The number of Topliss-reactive ketones (excluding diaryl/α,β-unsaturated/α-hetero) is 1. The summed E-state index contributed by atoms with van der Waals surface area (Å²) in [4.78, 5) is 37.4. The lowest BCUT2D eigenvalue weighted by Gasteiger charge is -2.31. The fourth-order valence-electron chi connectivity index (χ4n) is 2.67. The van der Waals surface area contributed by atoms with Crippen molar-refractivity contribution in [2.24, 2.45) is 5.92 Å². The van der Waals surface area contributed by atoms with Gasteiger partial charge < -0.3 is 20.2 Å². The van der Waals surface area contributed by atoms with Gasteiger partial charge in [0.2, 0.25) is 0 Å². The molecule has 2 unspecified atom stereocenters. The minimum absolute atomic E-state index is 0.394. The summed E-state index contributed by atoms with van der Waals surface area (Å²) in [5.74, 6) is -3.99. The van der Waals surface area contributed by atoms with Crippen LogP contribution in [0.3, 0.4) is 0 Å².